The topological polar surface area (TPSA) is 161 Å². The van der Waals surface area contributed by atoms with Gasteiger partial charge in [0.05, 0.1) is 28.8 Å². The number of halogens is 2. The molecule has 0 saturated carbocycles. The number of aromatic nitrogens is 2. The van der Waals surface area contributed by atoms with E-state index in [-0.39, 0.29) is 33.3 Å². The molecule has 2 aliphatic rings. The molecular weight excluding hydrogens is 698 g/mol. The van der Waals surface area contributed by atoms with Crippen molar-refractivity contribution in [1.82, 2.24) is 15.3 Å². The number of rotatable bonds is 7. The van der Waals surface area contributed by atoms with E-state index in [1.54, 1.807) is 41.5 Å². The summed E-state index contributed by atoms with van der Waals surface area (Å²) in [5.74, 6) is -2.94. The molecule has 0 spiro atoms. The summed E-state index contributed by atoms with van der Waals surface area (Å²) in [4.78, 5) is 62.6. The quantitative estimate of drug-likeness (QED) is 0.165. The van der Waals surface area contributed by atoms with E-state index in [2.05, 4.69) is 25.9 Å². The predicted octanol–water partition coefficient (Wildman–Crippen LogP) is 7.37. The molecule has 3 atom stereocenters. The fourth-order valence-corrected chi connectivity index (χ4v) is 7.32. The zero-order chi connectivity index (χ0) is 38.1. The molecular formula is C36H44F2N6O7S. The third kappa shape index (κ3) is 9.32. The maximum absolute atomic E-state index is 14.9. The first-order valence-corrected chi connectivity index (χ1v) is 17.8. The summed E-state index contributed by atoms with van der Waals surface area (Å²) in [6.45, 7) is 14.6. The number of fused-ring (bicyclic) bond motifs is 1. The number of hydrogen-bond donors (Lipinski definition) is 3. The number of nitrogens with zero attached hydrogens (tertiary/aromatic N) is 3. The molecule has 0 bridgehead atoms. The zero-order valence-corrected chi connectivity index (χ0v) is 31.3. The van der Waals surface area contributed by atoms with E-state index >= 15 is 0 Å². The second-order valence-corrected chi connectivity index (χ2v) is 16.0. The predicted molar refractivity (Wildman–Crippen MR) is 191 cm³/mol. The van der Waals surface area contributed by atoms with Crippen LogP contribution in [-0.4, -0.2) is 64.4 Å². The Morgan fingerprint density at radius 1 is 0.962 bits per heavy atom. The maximum Gasteiger partial charge on any atom is 0.412 e. The number of ether oxygens (including phenoxy) is 3. The van der Waals surface area contributed by atoms with Gasteiger partial charge in [0, 0.05) is 31.6 Å². The van der Waals surface area contributed by atoms with Gasteiger partial charge in [0.2, 0.25) is 0 Å². The van der Waals surface area contributed by atoms with Crippen LogP contribution in [0.5, 0.6) is 0 Å². The molecule has 1 saturated heterocycles. The number of nitrogens with one attached hydrogen (secondary N) is 3. The lowest BCUT2D eigenvalue weighted by molar-refractivity contribution is -0.146. The summed E-state index contributed by atoms with van der Waals surface area (Å²) in [6, 6.07) is 3.03. The van der Waals surface area contributed by atoms with Gasteiger partial charge in [-0.05, 0) is 78.9 Å². The zero-order valence-electron chi connectivity index (χ0n) is 30.4. The third-order valence-corrected chi connectivity index (χ3v) is 9.02. The van der Waals surface area contributed by atoms with Crippen LogP contribution in [0.2, 0.25) is 0 Å². The normalized spacial score (nSPS) is 18.7. The molecule has 3 aromatic rings. The number of amides is 3. The average molecular weight is 743 g/mol. The van der Waals surface area contributed by atoms with Gasteiger partial charge in [-0.25, -0.2) is 23.4 Å². The largest absolute Gasteiger partial charge is 0.456 e. The molecule has 3 N–H and O–H groups in total. The van der Waals surface area contributed by atoms with Crippen LogP contribution in [0.3, 0.4) is 0 Å². The molecule has 13 nitrogen and oxygen atoms in total. The standard InChI is InChI=1S/C36H44F2N6O7S/c1-18-14-20(40-33(47)50-35(3,4)5)17-44(16-18)29-21-12-13-25(49-19(2)45)27(21)39-15-24(29)41-30(46)28-32(43-34(48)51-36(6,7)8)52-31(42-28)26-22(37)10-9-11-23(26)38/h9-11,15,18,20,25H,12-14,16-17H2,1-8H3,(H,40,47)(H,41,46)(H,43,48)/t18-,20+,25?/m1/s1. The van der Waals surface area contributed by atoms with E-state index in [9.17, 15) is 28.0 Å². The molecule has 52 heavy (non-hydrogen) atoms. The molecule has 280 valence electrons. The van der Waals surface area contributed by atoms with Crippen LogP contribution in [0, 0.1) is 17.6 Å². The van der Waals surface area contributed by atoms with Gasteiger partial charge in [-0.15, -0.1) is 0 Å². The van der Waals surface area contributed by atoms with Crippen LogP contribution < -0.4 is 20.9 Å². The molecule has 1 aliphatic heterocycles. The highest BCUT2D eigenvalue weighted by Gasteiger charge is 2.36. The number of alkyl carbamates (subject to hydrolysis) is 1. The summed E-state index contributed by atoms with van der Waals surface area (Å²) in [5.41, 5.74) is -0.126. The highest BCUT2D eigenvalue weighted by atomic mass is 32.1. The minimum absolute atomic E-state index is 0.0942. The second kappa shape index (κ2) is 15.0. The Morgan fingerprint density at radius 2 is 1.62 bits per heavy atom. The highest BCUT2D eigenvalue weighted by Crippen LogP contribution is 2.44. The van der Waals surface area contributed by atoms with E-state index in [1.807, 2.05) is 11.8 Å². The number of pyridine rings is 1. The van der Waals surface area contributed by atoms with Crippen LogP contribution in [-0.2, 0) is 25.4 Å². The van der Waals surface area contributed by atoms with Crippen molar-refractivity contribution in [2.75, 3.05) is 28.6 Å². The molecule has 1 fully saturated rings. The number of thiazole rings is 1. The number of piperidine rings is 1. The molecule has 3 amide bonds. The van der Waals surface area contributed by atoms with Crippen molar-refractivity contribution in [1.29, 1.82) is 0 Å². The van der Waals surface area contributed by atoms with Gasteiger partial charge in [0.25, 0.3) is 5.91 Å². The van der Waals surface area contributed by atoms with Crippen LogP contribution in [0.25, 0.3) is 10.6 Å². The third-order valence-electron chi connectivity index (χ3n) is 8.03. The molecule has 3 heterocycles. The number of hydrogen-bond acceptors (Lipinski definition) is 11. The first-order valence-electron chi connectivity index (χ1n) is 17.0. The van der Waals surface area contributed by atoms with E-state index in [4.69, 9.17) is 14.2 Å². The number of carbonyl (C=O) groups is 4. The van der Waals surface area contributed by atoms with Crippen molar-refractivity contribution >= 4 is 51.8 Å². The number of carbonyl (C=O) groups excluding carboxylic acids is 4. The summed E-state index contributed by atoms with van der Waals surface area (Å²) < 4.78 is 46.2. The molecule has 1 aromatic carbocycles. The van der Waals surface area contributed by atoms with Gasteiger partial charge in [-0.2, -0.15) is 0 Å². The molecule has 16 heteroatoms. The van der Waals surface area contributed by atoms with Gasteiger partial charge >= 0.3 is 18.2 Å². The van der Waals surface area contributed by atoms with Gasteiger partial charge in [0.15, 0.2) is 5.69 Å². The lowest BCUT2D eigenvalue weighted by Gasteiger charge is -2.40. The highest BCUT2D eigenvalue weighted by molar-refractivity contribution is 7.19. The van der Waals surface area contributed by atoms with Crippen LogP contribution >= 0.6 is 11.3 Å². The van der Waals surface area contributed by atoms with E-state index in [0.29, 0.717) is 55.1 Å². The van der Waals surface area contributed by atoms with Gasteiger partial charge in [-0.3, -0.25) is 19.9 Å². The fraction of sp³-hybridized carbons (Fsp3) is 0.500. The lowest BCUT2D eigenvalue weighted by Crippen LogP contribution is -2.51. The Kier molecular flexibility index (Phi) is 11.1. The Hall–Kier alpha value is -4.86. The van der Waals surface area contributed by atoms with Crippen molar-refractivity contribution in [2.45, 2.75) is 98.0 Å². The van der Waals surface area contributed by atoms with Gasteiger partial charge < -0.3 is 29.7 Å². The number of benzene rings is 1. The molecule has 0 radical (unpaired) electrons. The Balaban J connectivity index is 1.54. The smallest absolute Gasteiger partial charge is 0.412 e. The van der Waals surface area contributed by atoms with Crippen molar-refractivity contribution in [3.8, 4) is 10.6 Å². The van der Waals surface area contributed by atoms with Gasteiger partial charge in [-0.1, -0.05) is 24.3 Å². The maximum atomic E-state index is 14.9. The Morgan fingerprint density at radius 3 is 2.25 bits per heavy atom. The van der Waals surface area contributed by atoms with Gasteiger partial charge in [0.1, 0.15) is 38.9 Å². The summed E-state index contributed by atoms with van der Waals surface area (Å²) in [7, 11) is 0. The minimum atomic E-state index is -0.897. The minimum Gasteiger partial charge on any atom is -0.456 e. The molecule has 2 aromatic heterocycles. The first-order chi connectivity index (χ1) is 24.3. The number of anilines is 3. The van der Waals surface area contributed by atoms with Crippen molar-refractivity contribution in [2.24, 2.45) is 5.92 Å². The summed E-state index contributed by atoms with van der Waals surface area (Å²) >= 11 is 0.712. The Bertz CT molecular complexity index is 1850. The van der Waals surface area contributed by atoms with E-state index < -0.39 is 58.6 Å². The lowest BCUT2D eigenvalue weighted by atomic mass is 9.94. The van der Waals surface area contributed by atoms with Crippen molar-refractivity contribution in [3.05, 3.63) is 53.0 Å². The summed E-state index contributed by atoms with van der Waals surface area (Å²) in [5, 5.41) is 8.08. The fourth-order valence-electron chi connectivity index (χ4n) is 6.32. The monoisotopic (exact) mass is 742 g/mol. The molecule has 1 unspecified atom stereocenters. The first kappa shape index (κ1) is 38.4. The van der Waals surface area contributed by atoms with Crippen LogP contribution in [0.1, 0.15) is 96.1 Å². The van der Waals surface area contributed by atoms with Crippen LogP contribution in [0.4, 0.5) is 34.7 Å². The Labute approximate surface area is 304 Å². The SMILES string of the molecule is CC(=O)OC1CCc2c1ncc(NC(=O)c1nc(-c3c(F)cccc3F)sc1NC(=O)OC(C)(C)C)c2N1C[C@H](C)C[C@H](NC(=O)OC(C)(C)C)C1. The number of esters is 1. The van der Waals surface area contributed by atoms with Crippen LogP contribution in [0.15, 0.2) is 24.4 Å². The summed E-state index contributed by atoms with van der Waals surface area (Å²) in [6.07, 6.45) is 1.05. The second-order valence-electron chi connectivity index (χ2n) is 15.0. The molecule has 1 aliphatic carbocycles. The van der Waals surface area contributed by atoms with Crippen molar-refractivity contribution in [3.63, 3.8) is 0 Å². The van der Waals surface area contributed by atoms with E-state index in [1.165, 1.54) is 19.2 Å². The molecule has 5 rings (SSSR count). The average Bonchev–Trinajstić information content (AvgIpc) is 3.58. The van der Waals surface area contributed by atoms with E-state index in [0.717, 1.165) is 17.7 Å². The van der Waals surface area contributed by atoms with Crippen molar-refractivity contribution < 1.29 is 42.2 Å².